The van der Waals surface area contributed by atoms with Gasteiger partial charge in [-0.05, 0) is 67.8 Å². The first-order valence-corrected chi connectivity index (χ1v) is 9.49. The van der Waals surface area contributed by atoms with Crippen molar-refractivity contribution in [1.82, 2.24) is 9.97 Å². The summed E-state index contributed by atoms with van der Waals surface area (Å²) < 4.78 is 0. The minimum absolute atomic E-state index is 0.0928. The van der Waals surface area contributed by atoms with Crippen LogP contribution in [-0.2, 0) is 12.8 Å². The number of aryl methyl sites for hydroxylation is 4. The van der Waals surface area contributed by atoms with Crippen LogP contribution in [0.1, 0.15) is 32.9 Å². The number of benzene rings is 3. The number of aromatic nitrogens is 2. The summed E-state index contributed by atoms with van der Waals surface area (Å²) in [6.45, 7) is 4.09. The van der Waals surface area contributed by atoms with Crippen LogP contribution in [0.3, 0.4) is 0 Å². The van der Waals surface area contributed by atoms with Crippen molar-refractivity contribution in [1.29, 1.82) is 0 Å². The summed E-state index contributed by atoms with van der Waals surface area (Å²) in [4.78, 5) is 20.5. The first-order valence-electron chi connectivity index (χ1n) is 9.49. The van der Waals surface area contributed by atoms with Crippen molar-refractivity contribution in [2.24, 2.45) is 0 Å². The number of hydrogen-bond acceptors (Lipinski definition) is 2. The minimum Gasteiger partial charge on any atom is -0.342 e. The first-order chi connectivity index (χ1) is 13.6. The van der Waals surface area contributed by atoms with Crippen molar-refractivity contribution in [3.8, 4) is 0 Å². The molecule has 0 atom stereocenters. The van der Waals surface area contributed by atoms with Crippen LogP contribution in [0.15, 0.2) is 66.7 Å². The van der Waals surface area contributed by atoms with Gasteiger partial charge in [-0.15, -0.1) is 0 Å². The monoisotopic (exact) mass is 369 g/mol. The fraction of sp³-hybridized carbons (Fsp3) is 0.167. The normalized spacial score (nSPS) is 10.9. The molecule has 2 N–H and O–H groups in total. The lowest BCUT2D eigenvalue weighted by Crippen LogP contribution is -2.12. The number of carbonyl (C=O) groups is 1. The number of anilines is 1. The molecular weight excluding hydrogens is 346 g/mol. The van der Waals surface area contributed by atoms with Crippen molar-refractivity contribution in [2.75, 3.05) is 5.32 Å². The van der Waals surface area contributed by atoms with Gasteiger partial charge in [0.2, 0.25) is 0 Å². The van der Waals surface area contributed by atoms with Crippen molar-refractivity contribution in [3.63, 3.8) is 0 Å². The Balaban J connectivity index is 1.42. The molecule has 4 heteroatoms. The summed E-state index contributed by atoms with van der Waals surface area (Å²) in [5.74, 6) is 0.888. The van der Waals surface area contributed by atoms with Crippen LogP contribution in [0.5, 0.6) is 0 Å². The highest BCUT2D eigenvalue weighted by molar-refractivity contribution is 6.04. The van der Waals surface area contributed by atoms with Crippen molar-refractivity contribution >= 4 is 22.6 Å². The number of carbonyl (C=O) groups excluding carboxylic acids is 1. The van der Waals surface area contributed by atoms with E-state index in [1.54, 1.807) is 0 Å². The number of nitrogens with zero attached hydrogens (tertiary/aromatic N) is 1. The first kappa shape index (κ1) is 18.0. The molecule has 0 spiro atoms. The zero-order valence-electron chi connectivity index (χ0n) is 16.1. The van der Waals surface area contributed by atoms with Crippen LogP contribution in [0, 0.1) is 13.8 Å². The summed E-state index contributed by atoms with van der Waals surface area (Å²) >= 11 is 0. The topological polar surface area (TPSA) is 57.8 Å². The van der Waals surface area contributed by atoms with E-state index in [-0.39, 0.29) is 5.91 Å². The van der Waals surface area contributed by atoms with Gasteiger partial charge in [0.25, 0.3) is 5.91 Å². The number of imidazole rings is 1. The van der Waals surface area contributed by atoms with E-state index in [1.807, 2.05) is 55.5 Å². The predicted molar refractivity (Wildman–Crippen MR) is 114 cm³/mol. The Kier molecular flexibility index (Phi) is 4.94. The van der Waals surface area contributed by atoms with Gasteiger partial charge in [-0.2, -0.15) is 0 Å². The Bertz CT molecular complexity index is 1130. The van der Waals surface area contributed by atoms with E-state index in [1.165, 1.54) is 11.1 Å². The van der Waals surface area contributed by atoms with Gasteiger partial charge in [0.05, 0.1) is 11.0 Å². The number of rotatable bonds is 5. The summed E-state index contributed by atoms with van der Waals surface area (Å²) in [5, 5.41) is 2.98. The quantitative estimate of drug-likeness (QED) is 0.507. The molecule has 0 saturated heterocycles. The SMILES string of the molecule is Cc1ccc(C(=O)Nc2cccc(CCc3nc4ccc(C)cc4[nH]3)c2)cc1. The molecule has 0 unspecified atom stereocenters. The van der Waals surface area contributed by atoms with E-state index in [0.717, 1.165) is 41.0 Å². The molecule has 0 aliphatic rings. The van der Waals surface area contributed by atoms with Gasteiger partial charge in [-0.1, -0.05) is 35.9 Å². The van der Waals surface area contributed by atoms with Crippen molar-refractivity contribution < 1.29 is 4.79 Å². The molecule has 1 heterocycles. The molecule has 3 aromatic carbocycles. The number of H-pyrrole nitrogens is 1. The van der Waals surface area contributed by atoms with Crippen LogP contribution >= 0.6 is 0 Å². The third kappa shape index (κ3) is 4.12. The molecule has 0 fully saturated rings. The van der Waals surface area contributed by atoms with Crippen molar-refractivity contribution in [3.05, 3.63) is 94.8 Å². The Morgan fingerprint density at radius 3 is 2.54 bits per heavy atom. The van der Waals surface area contributed by atoms with E-state index < -0.39 is 0 Å². The average molecular weight is 369 g/mol. The van der Waals surface area contributed by atoms with Gasteiger partial charge in [-0.25, -0.2) is 4.98 Å². The number of fused-ring (bicyclic) bond motifs is 1. The fourth-order valence-corrected chi connectivity index (χ4v) is 3.27. The van der Waals surface area contributed by atoms with Gasteiger partial charge >= 0.3 is 0 Å². The van der Waals surface area contributed by atoms with E-state index in [9.17, 15) is 4.79 Å². The van der Waals surface area contributed by atoms with Crippen molar-refractivity contribution in [2.45, 2.75) is 26.7 Å². The van der Waals surface area contributed by atoms with Gasteiger partial charge in [0.15, 0.2) is 0 Å². The molecule has 0 radical (unpaired) electrons. The summed E-state index contributed by atoms with van der Waals surface area (Å²) in [7, 11) is 0. The standard InChI is InChI=1S/C24H23N3O/c1-16-6-10-19(11-7-16)24(28)25-20-5-3-4-18(15-20)9-13-23-26-21-12-8-17(2)14-22(21)27-23/h3-8,10-12,14-15H,9,13H2,1-2H3,(H,25,28)(H,26,27). The Hall–Kier alpha value is -3.40. The van der Waals surface area contributed by atoms with Crippen LogP contribution < -0.4 is 5.32 Å². The average Bonchev–Trinajstić information content (AvgIpc) is 3.09. The third-order valence-electron chi connectivity index (χ3n) is 4.84. The molecule has 0 aliphatic heterocycles. The van der Waals surface area contributed by atoms with E-state index in [0.29, 0.717) is 5.56 Å². The van der Waals surface area contributed by atoms with Gasteiger partial charge in [0.1, 0.15) is 5.82 Å². The molecule has 1 aromatic heterocycles. The molecule has 140 valence electrons. The van der Waals surface area contributed by atoms with E-state index in [2.05, 4.69) is 40.4 Å². The Morgan fingerprint density at radius 2 is 1.71 bits per heavy atom. The second-order valence-electron chi connectivity index (χ2n) is 7.22. The third-order valence-corrected chi connectivity index (χ3v) is 4.84. The maximum atomic E-state index is 12.4. The van der Waals surface area contributed by atoms with Gasteiger partial charge < -0.3 is 10.3 Å². The van der Waals surface area contributed by atoms with Crippen LogP contribution in [0.4, 0.5) is 5.69 Å². The van der Waals surface area contributed by atoms with Crippen LogP contribution in [0.2, 0.25) is 0 Å². The summed E-state index contributed by atoms with van der Waals surface area (Å²) in [6, 6.07) is 21.8. The maximum absolute atomic E-state index is 12.4. The number of aromatic amines is 1. The highest BCUT2D eigenvalue weighted by atomic mass is 16.1. The molecule has 0 aliphatic carbocycles. The lowest BCUT2D eigenvalue weighted by atomic mass is 10.1. The van der Waals surface area contributed by atoms with E-state index >= 15 is 0 Å². The largest absolute Gasteiger partial charge is 0.342 e. The molecule has 4 nitrogen and oxygen atoms in total. The van der Waals surface area contributed by atoms with E-state index in [4.69, 9.17) is 0 Å². The molecule has 1 amide bonds. The number of hydrogen-bond donors (Lipinski definition) is 2. The number of nitrogens with one attached hydrogen (secondary N) is 2. The van der Waals surface area contributed by atoms with Crippen LogP contribution in [0.25, 0.3) is 11.0 Å². The van der Waals surface area contributed by atoms with Gasteiger partial charge in [0, 0.05) is 17.7 Å². The lowest BCUT2D eigenvalue weighted by Gasteiger charge is -2.08. The molecule has 4 aromatic rings. The minimum atomic E-state index is -0.0928. The lowest BCUT2D eigenvalue weighted by molar-refractivity contribution is 0.102. The zero-order valence-corrected chi connectivity index (χ0v) is 16.1. The Labute approximate surface area is 164 Å². The fourth-order valence-electron chi connectivity index (χ4n) is 3.27. The Morgan fingerprint density at radius 1 is 0.929 bits per heavy atom. The van der Waals surface area contributed by atoms with Crippen LogP contribution in [-0.4, -0.2) is 15.9 Å². The summed E-state index contributed by atoms with van der Waals surface area (Å²) in [5.41, 5.74) is 7.07. The molecule has 0 bridgehead atoms. The number of amides is 1. The molecular formula is C24H23N3O. The predicted octanol–water partition coefficient (Wildman–Crippen LogP) is 5.22. The molecule has 28 heavy (non-hydrogen) atoms. The highest BCUT2D eigenvalue weighted by Gasteiger charge is 2.07. The summed E-state index contributed by atoms with van der Waals surface area (Å²) in [6.07, 6.45) is 1.68. The zero-order chi connectivity index (χ0) is 19.5. The smallest absolute Gasteiger partial charge is 0.255 e. The molecule has 0 saturated carbocycles. The van der Waals surface area contributed by atoms with Gasteiger partial charge in [-0.3, -0.25) is 4.79 Å². The molecule has 4 rings (SSSR count). The maximum Gasteiger partial charge on any atom is 0.255 e. The highest BCUT2D eigenvalue weighted by Crippen LogP contribution is 2.17. The second kappa shape index (κ2) is 7.69. The second-order valence-corrected chi connectivity index (χ2v) is 7.22.